The standard InChI is InChI=1S/C14H20O10/c1-6(16)11(21)13(23,8(3)18)14(24,9(4)19)12(22,7(2)17)10(20)5-15/h10,15,20,22-24H,5H2,1-4H3/t10-,12+,13-,14+/m1/s1. The highest BCUT2D eigenvalue weighted by molar-refractivity contribution is 6.45. The SMILES string of the molecule is CC(=O)C(=O)[C@](O)(C(C)=O)[C@](O)(C(C)=O)[C@](O)(C(C)=O)[C@H](O)CO. The van der Waals surface area contributed by atoms with Crippen molar-refractivity contribution in [1.29, 1.82) is 0 Å². The molecular weight excluding hydrogens is 328 g/mol. The molecule has 136 valence electrons. The van der Waals surface area contributed by atoms with Crippen LogP contribution in [-0.2, 0) is 24.0 Å². The average Bonchev–Trinajstić information content (AvgIpc) is 2.49. The lowest BCUT2D eigenvalue weighted by molar-refractivity contribution is -0.246. The molecule has 0 aliphatic rings. The minimum atomic E-state index is -3.93. The van der Waals surface area contributed by atoms with Crippen molar-refractivity contribution < 1.29 is 49.5 Å². The van der Waals surface area contributed by atoms with Gasteiger partial charge < -0.3 is 25.5 Å². The second kappa shape index (κ2) is 6.95. The van der Waals surface area contributed by atoms with Crippen LogP contribution in [0.2, 0.25) is 0 Å². The third-order valence-corrected chi connectivity index (χ3v) is 3.93. The van der Waals surface area contributed by atoms with Crippen LogP contribution < -0.4 is 0 Å². The number of rotatable bonds is 9. The van der Waals surface area contributed by atoms with Crippen molar-refractivity contribution in [2.24, 2.45) is 0 Å². The smallest absolute Gasteiger partial charge is 0.240 e. The number of hydrogen-bond donors (Lipinski definition) is 5. The normalized spacial score (nSPS) is 20.0. The van der Waals surface area contributed by atoms with E-state index in [4.69, 9.17) is 5.11 Å². The zero-order valence-electron chi connectivity index (χ0n) is 13.6. The van der Waals surface area contributed by atoms with Gasteiger partial charge in [0.2, 0.25) is 17.0 Å². The van der Waals surface area contributed by atoms with Gasteiger partial charge in [0.1, 0.15) is 6.10 Å². The number of aliphatic hydroxyl groups is 5. The molecule has 24 heavy (non-hydrogen) atoms. The summed E-state index contributed by atoms with van der Waals surface area (Å²) in [5, 5.41) is 50.3. The lowest BCUT2D eigenvalue weighted by Crippen LogP contribution is -2.81. The molecule has 0 aliphatic heterocycles. The Labute approximate surface area is 136 Å². The first kappa shape index (κ1) is 22.1. The molecule has 0 aromatic heterocycles. The topological polar surface area (TPSA) is 186 Å². The lowest BCUT2D eigenvalue weighted by Gasteiger charge is -2.48. The number of aliphatic hydroxyl groups excluding tert-OH is 2. The average molecular weight is 348 g/mol. The van der Waals surface area contributed by atoms with Gasteiger partial charge in [-0.25, -0.2) is 0 Å². The van der Waals surface area contributed by atoms with Crippen LogP contribution >= 0.6 is 0 Å². The number of carbonyl (C=O) groups excluding carboxylic acids is 5. The molecule has 0 aliphatic carbocycles. The van der Waals surface area contributed by atoms with Gasteiger partial charge in [-0.2, -0.15) is 0 Å². The van der Waals surface area contributed by atoms with E-state index in [-0.39, 0.29) is 0 Å². The van der Waals surface area contributed by atoms with Crippen molar-refractivity contribution in [3.63, 3.8) is 0 Å². The summed E-state index contributed by atoms with van der Waals surface area (Å²) in [4.78, 5) is 59.0. The quantitative estimate of drug-likeness (QED) is 0.206. The van der Waals surface area contributed by atoms with Crippen molar-refractivity contribution >= 4 is 28.9 Å². The maximum absolute atomic E-state index is 12.0. The summed E-state index contributed by atoms with van der Waals surface area (Å²) in [6, 6.07) is 0. The largest absolute Gasteiger partial charge is 0.394 e. The van der Waals surface area contributed by atoms with Crippen LogP contribution in [0.15, 0.2) is 0 Å². The molecule has 0 aromatic rings. The molecular formula is C14H20O10. The van der Waals surface area contributed by atoms with E-state index < -0.39 is 58.4 Å². The second-order valence-electron chi connectivity index (χ2n) is 5.44. The van der Waals surface area contributed by atoms with E-state index in [1.807, 2.05) is 0 Å². The Morgan fingerprint density at radius 1 is 0.833 bits per heavy atom. The van der Waals surface area contributed by atoms with E-state index >= 15 is 0 Å². The molecule has 10 heteroatoms. The molecule has 0 saturated heterocycles. The van der Waals surface area contributed by atoms with Crippen LogP contribution in [-0.4, -0.2) is 84.0 Å². The molecule has 10 nitrogen and oxygen atoms in total. The third-order valence-electron chi connectivity index (χ3n) is 3.93. The summed E-state index contributed by atoms with van der Waals surface area (Å²) in [7, 11) is 0. The maximum atomic E-state index is 12.0. The van der Waals surface area contributed by atoms with Crippen molar-refractivity contribution in [2.75, 3.05) is 6.61 Å². The highest BCUT2D eigenvalue weighted by Crippen LogP contribution is 2.39. The summed E-state index contributed by atoms with van der Waals surface area (Å²) in [5.41, 5.74) is -11.4. The molecule has 0 amide bonds. The minimum absolute atomic E-state index is 0.513. The van der Waals surface area contributed by atoms with Gasteiger partial charge in [0.05, 0.1) is 6.61 Å². The minimum Gasteiger partial charge on any atom is -0.394 e. The van der Waals surface area contributed by atoms with E-state index in [0.29, 0.717) is 27.7 Å². The molecule has 0 spiro atoms. The fourth-order valence-corrected chi connectivity index (χ4v) is 2.50. The fraction of sp³-hybridized carbons (Fsp3) is 0.643. The molecule has 0 bridgehead atoms. The van der Waals surface area contributed by atoms with Crippen LogP contribution in [0.1, 0.15) is 27.7 Å². The predicted molar refractivity (Wildman–Crippen MR) is 75.7 cm³/mol. The van der Waals surface area contributed by atoms with E-state index in [1.54, 1.807) is 0 Å². The van der Waals surface area contributed by atoms with Gasteiger partial charge >= 0.3 is 0 Å². The Hall–Kier alpha value is -1.85. The molecule has 0 fully saturated rings. The molecule has 0 heterocycles. The maximum Gasteiger partial charge on any atom is 0.240 e. The molecule has 4 atom stereocenters. The fourth-order valence-electron chi connectivity index (χ4n) is 2.50. The first-order valence-corrected chi connectivity index (χ1v) is 6.71. The van der Waals surface area contributed by atoms with E-state index in [2.05, 4.69) is 0 Å². The second-order valence-corrected chi connectivity index (χ2v) is 5.44. The summed E-state index contributed by atoms with van der Waals surface area (Å²) in [5.74, 6) is -8.28. The van der Waals surface area contributed by atoms with Gasteiger partial charge in [0.25, 0.3) is 0 Å². The first-order chi connectivity index (χ1) is 10.7. The Morgan fingerprint density at radius 3 is 1.46 bits per heavy atom. The Balaban J connectivity index is 7.11. The van der Waals surface area contributed by atoms with E-state index in [9.17, 15) is 44.4 Å². The zero-order valence-corrected chi connectivity index (χ0v) is 13.6. The Bertz CT molecular complexity index is 596. The van der Waals surface area contributed by atoms with Gasteiger partial charge in [-0.1, -0.05) is 0 Å². The number of carbonyl (C=O) groups is 5. The summed E-state index contributed by atoms with van der Waals surface area (Å²) in [6.45, 7) is 0.853. The van der Waals surface area contributed by atoms with Gasteiger partial charge in [-0.05, 0) is 20.8 Å². The van der Waals surface area contributed by atoms with Crippen LogP contribution in [0, 0.1) is 0 Å². The van der Waals surface area contributed by atoms with Crippen LogP contribution in [0.25, 0.3) is 0 Å². The van der Waals surface area contributed by atoms with E-state index in [1.165, 1.54) is 0 Å². The number of ketones is 5. The predicted octanol–water partition coefficient (Wildman–Crippen LogP) is -3.54. The van der Waals surface area contributed by atoms with Crippen molar-refractivity contribution in [3.05, 3.63) is 0 Å². The molecule has 0 saturated carbocycles. The summed E-state index contributed by atoms with van der Waals surface area (Å²) in [6.07, 6.45) is -2.56. The Kier molecular flexibility index (Phi) is 6.41. The molecule has 0 aromatic carbocycles. The molecule has 5 N–H and O–H groups in total. The van der Waals surface area contributed by atoms with Crippen molar-refractivity contribution in [3.8, 4) is 0 Å². The van der Waals surface area contributed by atoms with Crippen LogP contribution in [0.3, 0.4) is 0 Å². The monoisotopic (exact) mass is 348 g/mol. The van der Waals surface area contributed by atoms with Gasteiger partial charge in [0, 0.05) is 6.92 Å². The molecule has 0 unspecified atom stereocenters. The zero-order chi connectivity index (χ0) is 19.7. The van der Waals surface area contributed by atoms with Crippen LogP contribution in [0.4, 0.5) is 0 Å². The molecule has 0 rings (SSSR count). The highest BCUT2D eigenvalue weighted by atomic mass is 16.4. The third kappa shape index (κ3) is 2.72. The van der Waals surface area contributed by atoms with Gasteiger partial charge in [-0.3, -0.25) is 24.0 Å². The van der Waals surface area contributed by atoms with Crippen LogP contribution in [0.5, 0.6) is 0 Å². The van der Waals surface area contributed by atoms with Gasteiger partial charge in [-0.15, -0.1) is 0 Å². The Morgan fingerprint density at radius 2 is 1.25 bits per heavy atom. The van der Waals surface area contributed by atoms with Gasteiger partial charge in [0.15, 0.2) is 28.7 Å². The lowest BCUT2D eigenvalue weighted by atomic mass is 9.61. The first-order valence-electron chi connectivity index (χ1n) is 6.71. The number of Topliss-reactive ketones (excluding diaryl/α,β-unsaturated/α-hetero) is 5. The summed E-state index contributed by atoms with van der Waals surface area (Å²) >= 11 is 0. The van der Waals surface area contributed by atoms with Crippen molar-refractivity contribution in [2.45, 2.75) is 50.6 Å². The number of hydrogen-bond acceptors (Lipinski definition) is 10. The van der Waals surface area contributed by atoms with Crippen molar-refractivity contribution in [1.82, 2.24) is 0 Å². The molecule has 0 radical (unpaired) electrons. The summed E-state index contributed by atoms with van der Waals surface area (Å²) < 4.78 is 0. The highest BCUT2D eigenvalue weighted by Gasteiger charge is 2.74. The van der Waals surface area contributed by atoms with E-state index in [0.717, 1.165) is 0 Å².